The summed E-state index contributed by atoms with van der Waals surface area (Å²) in [7, 11) is 1.31. The van der Waals surface area contributed by atoms with Crippen LogP contribution < -0.4 is 31.3 Å². The summed E-state index contributed by atoms with van der Waals surface area (Å²) in [5.74, 6) is 1.39. The zero-order chi connectivity index (χ0) is 29.1. The van der Waals surface area contributed by atoms with E-state index in [1.54, 1.807) is 20.4 Å². The van der Waals surface area contributed by atoms with E-state index < -0.39 is 7.14 Å². The Balaban J connectivity index is 1.30. The van der Waals surface area contributed by atoms with Gasteiger partial charge < -0.3 is 35.5 Å². The number of hydrogen-bond donors (Lipinski definition) is 3. The van der Waals surface area contributed by atoms with Crippen LogP contribution in [-0.2, 0) is 4.57 Å². The summed E-state index contributed by atoms with van der Waals surface area (Å²) in [5.41, 5.74) is 8.65. The quantitative estimate of drug-likeness (QED) is 0.316. The van der Waals surface area contributed by atoms with Crippen molar-refractivity contribution >= 4 is 58.7 Å². The Morgan fingerprint density at radius 1 is 0.976 bits per heavy atom. The number of nitrogens with zero attached hydrogens (tertiary/aromatic N) is 5. The minimum Gasteiger partial charge on any atom is -0.494 e. The van der Waals surface area contributed by atoms with Gasteiger partial charge in [0.05, 0.1) is 18.5 Å². The zero-order valence-electron chi connectivity index (χ0n) is 24.2. The lowest BCUT2D eigenvalue weighted by molar-refractivity contribution is 0.0982. The summed E-state index contributed by atoms with van der Waals surface area (Å²) >= 11 is 6.47. The van der Waals surface area contributed by atoms with Crippen molar-refractivity contribution < 1.29 is 9.30 Å². The van der Waals surface area contributed by atoms with Gasteiger partial charge in [-0.2, -0.15) is 9.97 Å². The first-order valence-electron chi connectivity index (χ1n) is 14.0. The molecule has 220 valence electrons. The van der Waals surface area contributed by atoms with E-state index in [9.17, 15) is 4.57 Å². The van der Waals surface area contributed by atoms with Crippen LogP contribution in [0.3, 0.4) is 0 Å². The Morgan fingerprint density at radius 3 is 2.37 bits per heavy atom. The lowest BCUT2D eigenvalue weighted by atomic mass is 10.0. The predicted molar refractivity (Wildman–Crippen MR) is 171 cm³/mol. The highest BCUT2D eigenvalue weighted by Crippen LogP contribution is 2.39. The Morgan fingerprint density at radius 2 is 1.68 bits per heavy atom. The summed E-state index contributed by atoms with van der Waals surface area (Å²) in [6.45, 7) is 10.1. The number of piperazine rings is 1. The molecule has 0 radical (unpaired) electrons. The van der Waals surface area contributed by atoms with Gasteiger partial charge in [0.25, 0.3) is 0 Å². The van der Waals surface area contributed by atoms with Gasteiger partial charge in [-0.15, -0.1) is 0 Å². The second-order valence-corrected chi connectivity index (χ2v) is 14.7. The summed E-state index contributed by atoms with van der Waals surface area (Å²) in [4.78, 5) is 16.4. The number of anilines is 6. The van der Waals surface area contributed by atoms with Gasteiger partial charge in [0.15, 0.2) is 5.82 Å². The first kappa shape index (κ1) is 29.5. The number of benzene rings is 2. The van der Waals surface area contributed by atoms with Crippen LogP contribution in [0.2, 0.25) is 5.02 Å². The fourth-order valence-corrected chi connectivity index (χ4v) is 6.84. The molecule has 0 saturated carbocycles. The predicted octanol–water partition coefficient (Wildman–Crippen LogP) is 4.67. The maximum Gasteiger partial charge on any atom is 0.231 e. The lowest BCUT2D eigenvalue weighted by Crippen LogP contribution is -2.52. The van der Waals surface area contributed by atoms with Crippen molar-refractivity contribution in [2.45, 2.75) is 18.9 Å². The molecule has 10 nitrogen and oxygen atoms in total. The SMILES string of the molecule is COc1cc(N2CCC(N3CCN(C)CC3)CC2)ccc1Nc1nc(N)c(Cl)c(Nc2ccccc2P(C)(C)=O)n1. The molecule has 0 spiro atoms. The molecule has 12 heteroatoms. The maximum atomic E-state index is 12.8. The lowest BCUT2D eigenvalue weighted by Gasteiger charge is -2.42. The summed E-state index contributed by atoms with van der Waals surface area (Å²) in [6.07, 6.45) is 2.32. The molecular weight excluding hydrogens is 559 g/mol. The number of likely N-dealkylation sites (N-methyl/N-ethyl adjacent to an activating group) is 1. The van der Waals surface area contributed by atoms with Gasteiger partial charge in [-0.25, -0.2) is 0 Å². The smallest absolute Gasteiger partial charge is 0.231 e. The molecular formula is C29H40ClN8O2P. The number of aromatic nitrogens is 2. The first-order valence-corrected chi connectivity index (χ1v) is 17.0. The number of nitrogens with one attached hydrogen (secondary N) is 2. The van der Waals surface area contributed by atoms with E-state index in [-0.39, 0.29) is 16.8 Å². The average Bonchev–Trinajstić information content (AvgIpc) is 2.96. The monoisotopic (exact) mass is 598 g/mol. The number of ether oxygens (including phenoxy) is 1. The van der Waals surface area contributed by atoms with Crippen LogP contribution in [0.15, 0.2) is 42.5 Å². The van der Waals surface area contributed by atoms with Crippen molar-refractivity contribution in [3.8, 4) is 5.75 Å². The molecule has 2 saturated heterocycles. The third-order valence-corrected chi connectivity index (χ3v) is 9.85. The third-order valence-electron chi connectivity index (χ3n) is 7.93. The molecule has 2 aliphatic rings. The zero-order valence-corrected chi connectivity index (χ0v) is 25.9. The number of halogens is 1. The Bertz CT molecular complexity index is 1420. The molecule has 0 aliphatic carbocycles. The molecule has 41 heavy (non-hydrogen) atoms. The third kappa shape index (κ3) is 6.89. The molecule has 0 bridgehead atoms. The van der Waals surface area contributed by atoms with Crippen molar-refractivity contribution in [3.05, 3.63) is 47.5 Å². The van der Waals surface area contributed by atoms with Gasteiger partial charge in [-0.05, 0) is 57.5 Å². The number of para-hydroxylation sites is 1. The van der Waals surface area contributed by atoms with Gasteiger partial charge in [-0.3, -0.25) is 4.90 Å². The van der Waals surface area contributed by atoms with Gasteiger partial charge >= 0.3 is 0 Å². The van der Waals surface area contributed by atoms with Gasteiger partial charge in [-0.1, -0.05) is 23.7 Å². The Hall–Kier alpha value is -3.04. The minimum atomic E-state index is -2.55. The van der Waals surface area contributed by atoms with E-state index in [0.717, 1.165) is 57.8 Å². The highest BCUT2D eigenvalue weighted by Gasteiger charge is 2.27. The van der Waals surface area contributed by atoms with E-state index in [1.807, 2.05) is 36.4 Å². The van der Waals surface area contributed by atoms with E-state index >= 15 is 0 Å². The normalized spacial score (nSPS) is 17.4. The molecule has 0 atom stereocenters. The molecule has 5 rings (SSSR count). The molecule has 0 unspecified atom stereocenters. The second-order valence-electron chi connectivity index (χ2n) is 11.2. The number of hydrogen-bond acceptors (Lipinski definition) is 10. The standard InChI is InChI=1S/C29H40ClN8O2P/c1-36-15-17-38(18-16-36)20-11-13-37(14-12-20)21-9-10-22(24(19-21)40-2)33-29-34-27(31)26(30)28(35-29)32-23-7-5-6-8-25(23)41(3,4)39/h5-10,19-20H,11-18H2,1-4H3,(H4,31,32,33,34,35). The largest absolute Gasteiger partial charge is 0.494 e. The summed E-state index contributed by atoms with van der Waals surface area (Å²) in [6, 6.07) is 14.2. The van der Waals surface area contributed by atoms with Crippen molar-refractivity contribution in [3.63, 3.8) is 0 Å². The molecule has 3 heterocycles. The van der Waals surface area contributed by atoms with Gasteiger partial charge in [0.2, 0.25) is 5.95 Å². The maximum absolute atomic E-state index is 12.8. The van der Waals surface area contributed by atoms with Crippen LogP contribution in [0.25, 0.3) is 0 Å². The van der Waals surface area contributed by atoms with Crippen LogP contribution in [-0.4, -0.2) is 92.6 Å². The fourth-order valence-electron chi connectivity index (χ4n) is 5.56. The first-order chi connectivity index (χ1) is 19.6. The summed E-state index contributed by atoms with van der Waals surface area (Å²) in [5, 5.41) is 7.33. The van der Waals surface area contributed by atoms with Crippen LogP contribution in [0, 0.1) is 0 Å². The van der Waals surface area contributed by atoms with Crippen LogP contribution in [0.1, 0.15) is 12.8 Å². The highest BCUT2D eigenvalue weighted by atomic mass is 35.5. The van der Waals surface area contributed by atoms with Gasteiger partial charge in [0, 0.05) is 62.4 Å². The number of methoxy groups -OCH3 is 1. The Kier molecular flexibility index (Phi) is 8.94. The van der Waals surface area contributed by atoms with E-state index in [1.165, 1.54) is 0 Å². The molecule has 2 aromatic carbocycles. The van der Waals surface area contributed by atoms with E-state index in [2.05, 4.69) is 48.4 Å². The topological polar surface area (TPSA) is 112 Å². The molecule has 1 aromatic heterocycles. The fraction of sp³-hybridized carbons (Fsp3) is 0.448. The molecule has 2 fully saturated rings. The van der Waals surface area contributed by atoms with Crippen molar-refractivity contribution in [1.82, 2.24) is 19.8 Å². The second kappa shape index (κ2) is 12.4. The van der Waals surface area contributed by atoms with E-state index in [0.29, 0.717) is 34.3 Å². The highest BCUT2D eigenvalue weighted by molar-refractivity contribution is 7.70. The molecule has 0 amide bonds. The minimum absolute atomic E-state index is 0.124. The van der Waals surface area contributed by atoms with Crippen LogP contribution >= 0.6 is 18.7 Å². The van der Waals surface area contributed by atoms with Crippen LogP contribution in [0.5, 0.6) is 5.75 Å². The molecule has 2 aliphatic heterocycles. The number of nitrogens with two attached hydrogens (primary N) is 1. The van der Waals surface area contributed by atoms with Crippen molar-refractivity contribution in [1.29, 1.82) is 0 Å². The molecule has 4 N–H and O–H groups in total. The Labute approximate surface area is 247 Å². The van der Waals surface area contributed by atoms with Crippen LogP contribution in [0.4, 0.5) is 34.6 Å². The number of rotatable bonds is 8. The van der Waals surface area contributed by atoms with Gasteiger partial charge in [0.1, 0.15) is 23.7 Å². The summed E-state index contributed by atoms with van der Waals surface area (Å²) < 4.78 is 18.6. The molecule has 3 aromatic rings. The number of piperidine rings is 1. The number of nitrogen functional groups attached to an aromatic ring is 1. The van der Waals surface area contributed by atoms with Crippen molar-refractivity contribution in [2.24, 2.45) is 0 Å². The van der Waals surface area contributed by atoms with Crippen molar-refractivity contribution in [2.75, 3.05) is 88.0 Å². The average molecular weight is 599 g/mol. The van der Waals surface area contributed by atoms with E-state index in [4.69, 9.17) is 22.1 Å².